The van der Waals surface area contributed by atoms with Crippen molar-refractivity contribution in [1.82, 2.24) is 5.06 Å². The van der Waals surface area contributed by atoms with Gasteiger partial charge in [-0.2, -0.15) is 13.4 Å². The molecule has 1 heterocycles. The molecule has 0 radical (unpaired) electrons. The van der Waals surface area contributed by atoms with Crippen LogP contribution in [0.4, 0.5) is 0 Å². The van der Waals surface area contributed by atoms with Crippen molar-refractivity contribution in [2.75, 3.05) is 6.54 Å². The molecule has 0 atom stereocenters. The highest BCUT2D eigenvalue weighted by molar-refractivity contribution is 7.81. The van der Waals surface area contributed by atoms with Crippen LogP contribution in [0.1, 0.15) is 13.3 Å². The van der Waals surface area contributed by atoms with E-state index in [1.54, 1.807) is 6.92 Å². The fourth-order valence-corrected chi connectivity index (χ4v) is 1.36. The minimum atomic E-state index is -4.28. The Morgan fingerprint density at radius 3 is 2.73 bits per heavy atom. The summed E-state index contributed by atoms with van der Waals surface area (Å²) >= 11 is 0. The second-order valence-electron chi connectivity index (χ2n) is 2.58. The maximum absolute atomic E-state index is 11.0. The van der Waals surface area contributed by atoms with Crippen molar-refractivity contribution in [3.8, 4) is 0 Å². The highest BCUT2D eigenvalue weighted by Gasteiger charge is 2.23. The monoisotopic (exact) mass is 237 g/mol. The first-order chi connectivity index (χ1) is 6.94. The quantitative estimate of drug-likeness (QED) is 0.593. The van der Waals surface area contributed by atoms with Crippen molar-refractivity contribution >= 4 is 22.3 Å². The molecule has 0 aromatic rings. The molecule has 0 fully saturated rings. The molecule has 10 heteroatoms. The molecule has 4 N–H and O–H groups in total. The standard InChI is InChI=1S/C5H11N5O4S/c1-2-3-10-5(7)8-4(6)9-13-15(11,12)14-10/h2-3H2,1H3,(H4,6,7,8,9). The molecule has 9 nitrogen and oxygen atoms in total. The number of nitrogens with zero attached hydrogens (tertiary/aromatic N) is 3. The Kier molecular flexibility index (Phi) is 3.31. The maximum atomic E-state index is 11.0. The van der Waals surface area contributed by atoms with Gasteiger partial charge < -0.3 is 11.5 Å². The van der Waals surface area contributed by atoms with E-state index in [-0.39, 0.29) is 12.5 Å². The van der Waals surface area contributed by atoms with Gasteiger partial charge in [0.15, 0.2) is 0 Å². The molecule has 0 spiro atoms. The third kappa shape index (κ3) is 3.25. The van der Waals surface area contributed by atoms with Crippen molar-refractivity contribution in [2.24, 2.45) is 21.6 Å². The molecule has 0 aromatic heterocycles. The minimum absolute atomic E-state index is 0.204. The summed E-state index contributed by atoms with van der Waals surface area (Å²) in [6.07, 6.45) is 0.600. The largest absolute Gasteiger partial charge is 0.491 e. The molecule has 0 aliphatic carbocycles. The van der Waals surface area contributed by atoms with Gasteiger partial charge in [-0.05, 0) is 11.6 Å². The highest BCUT2D eigenvalue weighted by Crippen LogP contribution is 2.05. The lowest BCUT2D eigenvalue weighted by atomic mass is 10.5. The SMILES string of the molecule is CCCN1OS(=O)(=O)O/N=C(N)\N=C/1N. The van der Waals surface area contributed by atoms with Crippen molar-refractivity contribution in [2.45, 2.75) is 13.3 Å². The van der Waals surface area contributed by atoms with Crippen LogP contribution in [0.25, 0.3) is 0 Å². The number of rotatable bonds is 2. The Morgan fingerprint density at radius 1 is 1.47 bits per heavy atom. The molecule has 1 rings (SSSR count). The topological polar surface area (TPSA) is 133 Å². The minimum Gasteiger partial charge on any atom is -0.368 e. The smallest absolute Gasteiger partial charge is 0.368 e. The number of hydroxylamine groups is 2. The molecule has 1 aliphatic heterocycles. The van der Waals surface area contributed by atoms with Gasteiger partial charge in [-0.3, -0.25) is 0 Å². The summed E-state index contributed by atoms with van der Waals surface area (Å²) in [4.78, 5) is 3.54. The molecule has 0 bridgehead atoms. The van der Waals surface area contributed by atoms with Crippen LogP contribution in [-0.4, -0.2) is 31.9 Å². The number of aliphatic imine (C=N–C) groups is 1. The van der Waals surface area contributed by atoms with Gasteiger partial charge in [-0.25, -0.2) is 9.35 Å². The first-order valence-electron chi connectivity index (χ1n) is 4.03. The van der Waals surface area contributed by atoms with Crippen molar-refractivity contribution in [1.29, 1.82) is 0 Å². The van der Waals surface area contributed by atoms with E-state index in [2.05, 4.69) is 18.7 Å². The van der Waals surface area contributed by atoms with Crippen LogP contribution in [0.2, 0.25) is 0 Å². The Balaban J connectivity index is 3.00. The molecule has 0 aromatic carbocycles. The van der Waals surface area contributed by atoms with E-state index < -0.39 is 16.4 Å². The number of nitrogens with two attached hydrogens (primary N) is 2. The molecular formula is C5H11N5O4S. The summed E-state index contributed by atoms with van der Waals surface area (Å²) in [5.74, 6) is -0.606. The van der Waals surface area contributed by atoms with E-state index in [1.807, 2.05) is 0 Å². The number of hydrogen-bond acceptors (Lipinski definition) is 9. The predicted octanol–water partition coefficient (Wildman–Crippen LogP) is -1.55. The summed E-state index contributed by atoms with van der Waals surface area (Å²) in [6, 6.07) is 0. The van der Waals surface area contributed by atoms with Crippen LogP contribution in [0.15, 0.2) is 10.1 Å². The Hall–Kier alpha value is -1.55. The molecule has 0 amide bonds. The normalized spacial score (nSPS) is 27.7. The van der Waals surface area contributed by atoms with E-state index in [0.717, 1.165) is 5.06 Å². The maximum Gasteiger partial charge on any atom is 0.491 e. The van der Waals surface area contributed by atoms with E-state index in [9.17, 15) is 8.42 Å². The second-order valence-corrected chi connectivity index (χ2v) is 3.69. The van der Waals surface area contributed by atoms with Gasteiger partial charge in [0.05, 0.1) is 6.54 Å². The van der Waals surface area contributed by atoms with Gasteiger partial charge in [0.25, 0.3) is 5.96 Å². The predicted molar refractivity (Wildman–Crippen MR) is 51.3 cm³/mol. The molecule has 1 aliphatic rings. The summed E-state index contributed by atoms with van der Waals surface area (Å²) in [5.41, 5.74) is 10.6. The first-order valence-corrected chi connectivity index (χ1v) is 5.36. The van der Waals surface area contributed by atoms with E-state index in [0.29, 0.717) is 6.42 Å². The summed E-state index contributed by atoms with van der Waals surface area (Å²) < 4.78 is 30.5. The Morgan fingerprint density at radius 2 is 2.13 bits per heavy atom. The van der Waals surface area contributed by atoms with Crippen LogP contribution in [0.5, 0.6) is 0 Å². The number of guanidine groups is 2. The van der Waals surface area contributed by atoms with Crippen LogP contribution in [-0.2, 0) is 19.0 Å². The van der Waals surface area contributed by atoms with Gasteiger partial charge in [0.2, 0.25) is 5.96 Å². The lowest BCUT2D eigenvalue weighted by Crippen LogP contribution is -2.42. The lowest BCUT2D eigenvalue weighted by Gasteiger charge is -2.20. The van der Waals surface area contributed by atoms with Crippen LogP contribution < -0.4 is 11.5 Å². The average Bonchev–Trinajstić information content (AvgIpc) is 2.13. The lowest BCUT2D eigenvalue weighted by molar-refractivity contribution is 0.00408. The summed E-state index contributed by atoms with van der Waals surface area (Å²) in [5, 5.41) is 3.83. The molecule has 0 saturated heterocycles. The zero-order chi connectivity index (χ0) is 11.5. The van der Waals surface area contributed by atoms with E-state index in [1.165, 1.54) is 0 Å². The Bertz CT molecular complexity index is 388. The second kappa shape index (κ2) is 4.31. The van der Waals surface area contributed by atoms with Crippen molar-refractivity contribution in [3.05, 3.63) is 0 Å². The van der Waals surface area contributed by atoms with Gasteiger partial charge in [0, 0.05) is 0 Å². The van der Waals surface area contributed by atoms with Crippen molar-refractivity contribution < 1.29 is 17.0 Å². The first kappa shape index (κ1) is 11.5. The molecule has 86 valence electrons. The van der Waals surface area contributed by atoms with Crippen LogP contribution in [0.3, 0.4) is 0 Å². The highest BCUT2D eigenvalue weighted by atomic mass is 32.3. The fraction of sp³-hybridized carbons (Fsp3) is 0.600. The Labute approximate surface area is 86.6 Å². The average molecular weight is 237 g/mol. The third-order valence-corrected chi connectivity index (χ3v) is 1.93. The van der Waals surface area contributed by atoms with Gasteiger partial charge in [-0.15, -0.1) is 4.28 Å². The molecule has 15 heavy (non-hydrogen) atoms. The third-order valence-electron chi connectivity index (χ3n) is 1.31. The van der Waals surface area contributed by atoms with Gasteiger partial charge in [0.1, 0.15) is 0 Å². The number of oxime groups is 1. The van der Waals surface area contributed by atoms with Crippen molar-refractivity contribution in [3.63, 3.8) is 0 Å². The molecule has 0 saturated carbocycles. The zero-order valence-corrected chi connectivity index (χ0v) is 8.77. The van der Waals surface area contributed by atoms with Crippen LogP contribution >= 0.6 is 0 Å². The molecular weight excluding hydrogens is 226 g/mol. The van der Waals surface area contributed by atoms with Gasteiger partial charge in [-0.1, -0.05) is 6.92 Å². The summed E-state index contributed by atoms with van der Waals surface area (Å²) in [6.45, 7) is 2.03. The van der Waals surface area contributed by atoms with E-state index in [4.69, 9.17) is 11.5 Å². The summed E-state index contributed by atoms with van der Waals surface area (Å²) in [7, 11) is -4.28. The molecule has 0 unspecified atom stereocenters. The zero-order valence-electron chi connectivity index (χ0n) is 7.95. The fourth-order valence-electron chi connectivity index (χ4n) is 0.794. The van der Waals surface area contributed by atoms with Gasteiger partial charge >= 0.3 is 10.4 Å². The van der Waals surface area contributed by atoms with E-state index >= 15 is 0 Å². The van der Waals surface area contributed by atoms with Crippen LogP contribution in [0, 0.1) is 0 Å². The number of hydrogen-bond donors (Lipinski definition) is 2.